The maximum absolute atomic E-state index is 15.0. The summed E-state index contributed by atoms with van der Waals surface area (Å²) in [6.45, 7) is 4.45. The van der Waals surface area contributed by atoms with Crippen LogP contribution in [0.1, 0.15) is 23.6 Å². The van der Waals surface area contributed by atoms with Gasteiger partial charge in [0.05, 0.1) is 5.69 Å². The third kappa shape index (κ3) is 4.99. The topological polar surface area (TPSA) is 76.4 Å². The third-order valence-electron chi connectivity index (χ3n) is 5.02. The van der Waals surface area contributed by atoms with E-state index in [2.05, 4.69) is 14.4 Å². The van der Waals surface area contributed by atoms with Gasteiger partial charge in [-0.15, -0.1) is 0 Å². The van der Waals surface area contributed by atoms with Crippen molar-refractivity contribution in [3.63, 3.8) is 0 Å². The molecule has 33 heavy (non-hydrogen) atoms. The fraction of sp³-hybridized carbons (Fsp3) is 0.167. The van der Waals surface area contributed by atoms with Gasteiger partial charge in [-0.05, 0) is 48.4 Å². The second-order valence-corrected chi connectivity index (χ2v) is 7.90. The van der Waals surface area contributed by atoms with Crippen LogP contribution in [0.3, 0.4) is 0 Å². The minimum Gasteiger partial charge on any atom is -0.436 e. The first-order chi connectivity index (χ1) is 16.0. The molecule has 0 saturated heterocycles. The van der Waals surface area contributed by atoms with Crippen molar-refractivity contribution in [3.05, 3.63) is 93.5 Å². The molecule has 0 fully saturated rings. The Labute approximate surface area is 193 Å². The number of aromatic nitrogens is 1. The molecule has 2 heterocycles. The summed E-state index contributed by atoms with van der Waals surface area (Å²) in [5.41, 5.74) is 1.45. The fourth-order valence-electron chi connectivity index (χ4n) is 3.35. The Morgan fingerprint density at radius 2 is 2.00 bits per heavy atom. The van der Waals surface area contributed by atoms with Crippen molar-refractivity contribution in [3.8, 4) is 11.6 Å². The van der Waals surface area contributed by atoms with E-state index in [1.165, 1.54) is 36.5 Å². The minimum absolute atomic E-state index is 0.0781. The number of benzene rings is 2. The summed E-state index contributed by atoms with van der Waals surface area (Å²) in [4.78, 5) is 16.6. The number of nitrogens with zero attached hydrogens (tertiary/aromatic N) is 1. The summed E-state index contributed by atoms with van der Waals surface area (Å²) in [6.07, 6.45) is 1.49. The van der Waals surface area contributed by atoms with Gasteiger partial charge in [0.1, 0.15) is 11.3 Å². The molecule has 2 N–H and O–H groups in total. The van der Waals surface area contributed by atoms with Gasteiger partial charge in [0, 0.05) is 48.3 Å². The Balaban J connectivity index is 1.64. The number of aryl methyl sites for hydroxylation is 1. The lowest BCUT2D eigenvalue weighted by molar-refractivity contribution is 0.422. The monoisotopic (exact) mass is 469 g/mol. The zero-order valence-electron chi connectivity index (χ0n) is 17.9. The van der Waals surface area contributed by atoms with Crippen LogP contribution < -0.4 is 19.8 Å². The first-order valence-electron chi connectivity index (χ1n) is 10.2. The lowest BCUT2D eigenvalue weighted by Gasteiger charge is -2.12. The molecule has 4 aromatic rings. The molecule has 0 aliphatic rings. The van der Waals surface area contributed by atoms with Crippen LogP contribution in [0.5, 0.6) is 11.6 Å². The summed E-state index contributed by atoms with van der Waals surface area (Å²) in [7, 11) is 0. The number of rotatable bonds is 8. The lowest BCUT2D eigenvalue weighted by atomic mass is 9.99. The van der Waals surface area contributed by atoms with Crippen LogP contribution >= 0.6 is 12.1 Å². The molecule has 9 heteroatoms. The zero-order valence-corrected chi connectivity index (χ0v) is 18.8. The molecule has 0 saturated carbocycles. The highest BCUT2D eigenvalue weighted by Gasteiger charge is 2.16. The van der Waals surface area contributed by atoms with E-state index in [0.717, 1.165) is 6.54 Å². The van der Waals surface area contributed by atoms with E-state index in [-0.39, 0.29) is 23.6 Å². The second-order valence-electron chi connectivity index (χ2n) is 7.20. The van der Waals surface area contributed by atoms with Gasteiger partial charge in [0.25, 0.3) is 5.88 Å². The van der Waals surface area contributed by atoms with E-state index in [1.54, 1.807) is 37.3 Å². The van der Waals surface area contributed by atoms with Crippen molar-refractivity contribution < 1.29 is 17.9 Å². The molecule has 0 aliphatic carbocycles. The molecule has 0 radical (unpaired) electrons. The second kappa shape index (κ2) is 10.0. The Hall–Kier alpha value is -3.43. The fourth-order valence-corrected chi connectivity index (χ4v) is 3.83. The molecule has 0 spiro atoms. The Morgan fingerprint density at radius 3 is 2.79 bits per heavy atom. The van der Waals surface area contributed by atoms with E-state index < -0.39 is 17.3 Å². The van der Waals surface area contributed by atoms with Crippen LogP contribution in [0.2, 0.25) is 0 Å². The van der Waals surface area contributed by atoms with E-state index in [1.807, 2.05) is 6.92 Å². The highest BCUT2D eigenvalue weighted by atomic mass is 32.2. The minimum atomic E-state index is -0.604. The van der Waals surface area contributed by atoms with Gasteiger partial charge in [0.15, 0.2) is 11.6 Å². The number of hydrogen-bond acceptors (Lipinski definition) is 7. The molecule has 6 nitrogen and oxygen atoms in total. The van der Waals surface area contributed by atoms with Gasteiger partial charge < -0.3 is 13.9 Å². The quantitative estimate of drug-likeness (QED) is 0.194. The first kappa shape index (κ1) is 22.8. The standard InChI is InChI=1S/C24H21F2N3O3S/c1-3-28-33-29-20-8-4-6-15(22(20)26)12-18-14(2)17-10-9-16(13-21(17)32-24(18)30)31-23-19(25)7-5-11-27-23/h4-11,13,28-29H,3,12H2,1-2H3. The molecular formula is C24H21F2N3O3S. The summed E-state index contributed by atoms with van der Waals surface area (Å²) in [5.74, 6) is -0.932. The number of fused-ring (bicyclic) bond motifs is 1. The van der Waals surface area contributed by atoms with Crippen LogP contribution in [0.15, 0.2) is 63.9 Å². The number of pyridine rings is 1. The number of ether oxygens (including phenoxy) is 1. The van der Waals surface area contributed by atoms with E-state index in [4.69, 9.17) is 9.15 Å². The normalized spacial score (nSPS) is 11.0. The molecule has 0 unspecified atom stereocenters. The average Bonchev–Trinajstić information content (AvgIpc) is 2.80. The molecule has 170 valence electrons. The maximum Gasteiger partial charge on any atom is 0.340 e. The van der Waals surface area contributed by atoms with E-state index in [0.29, 0.717) is 27.8 Å². The van der Waals surface area contributed by atoms with Crippen LogP contribution in [0.25, 0.3) is 11.0 Å². The highest BCUT2D eigenvalue weighted by molar-refractivity contribution is 7.98. The Kier molecular flexibility index (Phi) is 6.90. The van der Waals surface area contributed by atoms with Gasteiger partial charge >= 0.3 is 5.63 Å². The molecular weight excluding hydrogens is 448 g/mol. The van der Waals surface area contributed by atoms with Crippen molar-refractivity contribution in [2.24, 2.45) is 0 Å². The van der Waals surface area contributed by atoms with Gasteiger partial charge in [-0.25, -0.2) is 23.3 Å². The van der Waals surface area contributed by atoms with Crippen molar-refractivity contribution >= 4 is 28.8 Å². The van der Waals surface area contributed by atoms with Crippen LogP contribution in [-0.4, -0.2) is 11.5 Å². The van der Waals surface area contributed by atoms with Crippen molar-refractivity contribution in [2.75, 3.05) is 11.3 Å². The molecule has 2 aromatic heterocycles. The van der Waals surface area contributed by atoms with E-state index >= 15 is 0 Å². The van der Waals surface area contributed by atoms with Gasteiger partial charge in [0.2, 0.25) is 0 Å². The average molecular weight is 470 g/mol. The molecule has 0 aliphatic heterocycles. The lowest BCUT2D eigenvalue weighted by Crippen LogP contribution is -2.12. The predicted octanol–water partition coefficient (Wildman–Crippen LogP) is 5.74. The summed E-state index contributed by atoms with van der Waals surface area (Å²) in [6, 6.07) is 12.6. The van der Waals surface area contributed by atoms with Crippen molar-refractivity contribution in [2.45, 2.75) is 20.3 Å². The number of nitrogens with one attached hydrogen (secondary N) is 2. The Bertz CT molecular complexity index is 1360. The molecule has 0 bridgehead atoms. The predicted molar refractivity (Wildman–Crippen MR) is 126 cm³/mol. The van der Waals surface area contributed by atoms with E-state index in [9.17, 15) is 13.6 Å². The molecule has 0 amide bonds. The number of hydrogen-bond donors (Lipinski definition) is 2. The zero-order chi connectivity index (χ0) is 23.4. The maximum atomic E-state index is 15.0. The van der Waals surface area contributed by atoms with Gasteiger partial charge in [-0.3, -0.25) is 0 Å². The summed E-state index contributed by atoms with van der Waals surface area (Å²) < 4.78 is 45.7. The third-order valence-corrected chi connectivity index (χ3v) is 5.78. The summed E-state index contributed by atoms with van der Waals surface area (Å²) in [5, 5.41) is 0.677. The van der Waals surface area contributed by atoms with Crippen LogP contribution in [-0.2, 0) is 6.42 Å². The molecule has 2 aromatic carbocycles. The Morgan fingerprint density at radius 1 is 1.15 bits per heavy atom. The van der Waals surface area contributed by atoms with Crippen molar-refractivity contribution in [1.82, 2.24) is 9.71 Å². The molecule has 4 rings (SSSR count). The summed E-state index contributed by atoms with van der Waals surface area (Å²) >= 11 is 1.19. The smallest absolute Gasteiger partial charge is 0.340 e. The number of anilines is 1. The van der Waals surface area contributed by atoms with Gasteiger partial charge in [-0.2, -0.15) is 0 Å². The molecule has 0 atom stereocenters. The largest absolute Gasteiger partial charge is 0.436 e. The highest BCUT2D eigenvalue weighted by Crippen LogP contribution is 2.29. The SMILES string of the molecule is CCNSNc1cccc(Cc2c(C)c3ccc(Oc4ncccc4F)cc3oc2=O)c1F. The van der Waals surface area contributed by atoms with Gasteiger partial charge in [-0.1, -0.05) is 19.1 Å². The number of halogens is 2. The first-order valence-corrected chi connectivity index (χ1v) is 11.1. The van der Waals surface area contributed by atoms with Crippen molar-refractivity contribution in [1.29, 1.82) is 0 Å². The van der Waals surface area contributed by atoms with Crippen LogP contribution in [0, 0.1) is 18.6 Å². The van der Waals surface area contributed by atoms with Crippen LogP contribution in [0.4, 0.5) is 14.5 Å².